The maximum atomic E-state index is 8.86. The molecule has 0 fully saturated rings. The molecule has 5 heteroatoms. The summed E-state index contributed by atoms with van der Waals surface area (Å²) in [7, 11) is 0. The molecular weight excluding hydrogens is 260 g/mol. The Bertz CT molecular complexity index is 625. The SMILES string of the molecule is CCn1nc(C)c(Cl)c1CNc1cccc(C#N)c1. The first-order valence-electron chi connectivity index (χ1n) is 6.11. The van der Waals surface area contributed by atoms with Gasteiger partial charge in [-0.05, 0) is 32.0 Å². The fourth-order valence-electron chi connectivity index (χ4n) is 1.92. The minimum absolute atomic E-state index is 0.586. The van der Waals surface area contributed by atoms with Crippen molar-refractivity contribution in [1.29, 1.82) is 5.26 Å². The van der Waals surface area contributed by atoms with Crippen LogP contribution in [-0.2, 0) is 13.1 Å². The van der Waals surface area contributed by atoms with Gasteiger partial charge < -0.3 is 5.32 Å². The molecular formula is C14H15ClN4. The van der Waals surface area contributed by atoms with E-state index in [2.05, 4.69) is 16.5 Å². The molecule has 0 spiro atoms. The van der Waals surface area contributed by atoms with Crippen molar-refractivity contribution in [3.05, 3.63) is 46.2 Å². The van der Waals surface area contributed by atoms with Crippen molar-refractivity contribution < 1.29 is 0 Å². The summed E-state index contributed by atoms with van der Waals surface area (Å²) in [5, 5.41) is 17.2. The van der Waals surface area contributed by atoms with E-state index in [0.717, 1.165) is 23.6 Å². The molecule has 2 rings (SSSR count). The molecule has 1 aromatic carbocycles. The standard InChI is InChI=1S/C14H15ClN4/c1-3-19-13(14(15)10(2)18-19)9-17-12-6-4-5-11(7-12)8-16/h4-7,17H,3,9H2,1-2H3. The van der Waals surface area contributed by atoms with Gasteiger partial charge in [0.1, 0.15) is 0 Å². The lowest BCUT2D eigenvalue weighted by Crippen LogP contribution is -2.08. The van der Waals surface area contributed by atoms with Crippen LogP contribution in [0.15, 0.2) is 24.3 Å². The van der Waals surface area contributed by atoms with Gasteiger partial charge in [0.25, 0.3) is 0 Å². The van der Waals surface area contributed by atoms with Gasteiger partial charge in [0.15, 0.2) is 0 Å². The fourth-order valence-corrected chi connectivity index (χ4v) is 2.12. The minimum Gasteiger partial charge on any atom is -0.379 e. The summed E-state index contributed by atoms with van der Waals surface area (Å²) in [4.78, 5) is 0. The number of nitriles is 1. The van der Waals surface area contributed by atoms with Gasteiger partial charge in [0, 0.05) is 12.2 Å². The summed E-state index contributed by atoms with van der Waals surface area (Å²) in [6.45, 7) is 5.29. The van der Waals surface area contributed by atoms with Crippen LogP contribution in [0.1, 0.15) is 23.9 Å². The number of hydrogen-bond acceptors (Lipinski definition) is 3. The van der Waals surface area contributed by atoms with E-state index < -0.39 is 0 Å². The summed E-state index contributed by atoms with van der Waals surface area (Å²) >= 11 is 6.24. The Hall–Kier alpha value is -1.99. The van der Waals surface area contributed by atoms with Crippen molar-refractivity contribution in [2.75, 3.05) is 5.32 Å². The van der Waals surface area contributed by atoms with E-state index in [1.165, 1.54) is 0 Å². The highest BCUT2D eigenvalue weighted by molar-refractivity contribution is 6.31. The summed E-state index contributed by atoms with van der Waals surface area (Å²) < 4.78 is 1.89. The molecule has 2 aromatic rings. The van der Waals surface area contributed by atoms with Gasteiger partial charge in [-0.25, -0.2) is 0 Å². The molecule has 0 unspecified atom stereocenters. The number of rotatable bonds is 4. The Balaban J connectivity index is 2.16. The molecule has 0 atom stereocenters. The maximum absolute atomic E-state index is 8.86. The molecule has 1 aromatic heterocycles. The molecule has 0 aliphatic rings. The van der Waals surface area contributed by atoms with Gasteiger partial charge in [0.05, 0.1) is 34.6 Å². The van der Waals surface area contributed by atoms with E-state index in [1.54, 1.807) is 6.07 Å². The fraction of sp³-hybridized carbons (Fsp3) is 0.286. The third-order valence-electron chi connectivity index (χ3n) is 2.90. The summed E-state index contributed by atoms with van der Waals surface area (Å²) in [5.41, 5.74) is 3.34. The Morgan fingerprint density at radius 1 is 1.47 bits per heavy atom. The Morgan fingerprint density at radius 2 is 2.26 bits per heavy atom. The number of anilines is 1. The second-order valence-electron chi connectivity index (χ2n) is 4.21. The highest BCUT2D eigenvalue weighted by atomic mass is 35.5. The zero-order chi connectivity index (χ0) is 13.8. The quantitative estimate of drug-likeness (QED) is 0.930. The molecule has 0 bridgehead atoms. The lowest BCUT2D eigenvalue weighted by Gasteiger charge is -2.08. The first-order chi connectivity index (χ1) is 9.15. The molecule has 4 nitrogen and oxygen atoms in total. The van der Waals surface area contributed by atoms with Crippen molar-refractivity contribution >= 4 is 17.3 Å². The molecule has 0 saturated carbocycles. The second kappa shape index (κ2) is 5.77. The van der Waals surface area contributed by atoms with Gasteiger partial charge in [0.2, 0.25) is 0 Å². The average molecular weight is 275 g/mol. The predicted octanol–water partition coefficient (Wildman–Crippen LogP) is 3.35. The van der Waals surface area contributed by atoms with Crippen LogP contribution in [-0.4, -0.2) is 9.78 Å². The van der Waals surface area contributed by atoms with Crippen molar-refractivity contribution in [2.45, 2.75) is 26.9 Å². The number of aromatic nitrogens is 2. The molecule has 98 valence electrons. The van der Waals surface area contributed by atoms with Gasteiger partial charge >= 0.3 is 0 Å². The van der Waals surface area contributed by atoms with Crippen LogP contribution in [0.2, 0.25) is 5.02 Å². The van der Waals surface area contributed by atoms with Crippen LogP contribution >= 0.6 is 11.6 Å². The van der Waals surface area contributed by atoms with Crippen LogP contribution in [0, 0.1) is 18.3 Å². The smallest absolute Gasteiger partial charge is 0.0992 e. The molecule has 0 amide bonds. The van der Waals surface area contributed by atoms with Crippen molar-refractivity contribution in [3.8, 4) is 6.07 Å². The van der Waals surface area contributed by atoms with Crippen molar-refractivity contribution in [1.82, 2.24) is 9.78 Å². The predicted molar refractivity (Wildman–Crippen MR) is 76.1 cm³/mol. The molecule has 1 N–H and O–H groups in total. The first-order valence-corrected chi connectivity index (χ1v) is 6.49. The van der Waals surface area contributed by atoms with E-state index >= 15 is 0 Å². The van der Waals surface area contributed by atoms with Gasteiger partial charge in [-0.3, -0.25) is 4.68 Å². The zero-order valence-corrected chi connectivity index (χ0v) is 11.7. The van der Waals surface area contributed by atoms with E-state index in [9.17, 15) is 0 Å². The van der Waals surface area contributed by atoms with E-state index in [4.69, 9.17) is 16.9 Å². The molecule has 0 aliphatic carbocycles. The Morgan fingerprint density at radius 3 is 2.95 bits per heavy atom. The van der Waals surface area contributed by atoms with Gasteiger partial charge in [-0.15, -0.1) is 0 Å². The number of nitrogens with one attached hydrogen (secondary N) is 1. The lowest BCUT2D eigenvalue weighted by atomic mass is 10.2. The normalized spacial score (nSPS) is 10.2. The Kier molecular flexibility index (Phi) is 4.08. The Labute approximate surface area is 117 Å². The van der Waals surface area contributed by atoms with Crippen LogP contribution in [0.3, 0.4) is 0 Å². The first kappa shape index (κ1) is 13.4. The van der Waals surface area contributed by atoms with Crippen molar-refractivity contribution in [2.24, 2.45) is 0 Å². The molecule has 0 radical (unpaired) electrons. The lowest BCUT2D eigenvalue weighted by molar-refractivity contribution is 0.623. The minimum atomic E-state index is 0.586. The van der Waals surface area contributed by atoms with Gasteiger partial charge in [-0.2, -0.15) is 10.4 Å². The monoisotopic (exact) mass is 274 g/mol. The zero-order valence-electron chi connectivity index (χ0n) is 10.9. The third-order valence-corrected chi connectivity index (χ3v) is 3.40. The largest absolute Gasteiger partial charge is 0.379 e. The number of benzene rings is 1. The topological polar surface area (TPSA) is 53.6 Å². The van der Waals surface area contributed by atoms with E-state index in [1.807, 2.05) is 36.7 Å². The maximum Gasteiger partial charge on any atom is 0.0992 e. The van der Waals surface area contributed by atoms with Crippen LogP contribution in [0.25, 0.3) is 0 Å². The number of hydrogen-bond donors (Lipinski definition) is 1. The van der Waals surface area contributed by atoms with Gasteiger partial charge in [-0.1, -0.05) is 17.7 Å². The second-order valence-corrected chi connectivity index (χ2v) is 4.59. The molecule has 0 saturated heterocycles. The van der Waals surface area contributed by atoms with E-state index in [0.29, 0.717) is 17.1 Å². The third kappa shape index (κ3) is 2.88. The summed E-state index contributed by atoms with van der Waals surface area (Å²) in [6.07, 6.45) is 0. The van der Waals surface area contributed by atoms with Crippen molar-refractivity contribution in [3.63, 3.8) is 0 Å². The van der Waals surface area contributed by atoms with Crippen LogP contribution in [0.5, 0.6) is 0 Å². The molecule has 1 heterocycles. The number of nitrogens with zero attached hydrogens (tertiary/aromatic N) is 3. The summed E-state index contributed by atoms with van der Waals surface area (Å²) in [5.74, 6) is 0. The van der Waals surface area contributed by atoms with Crippen LogP contribution in [0.4, 0.5) is 5.69 Å². The highest BCUT2D eigenvalue weighted by Crippen LogP contribution is 2.21. The number of halogens is 1. The molecule has 19 heavy (non-hydrogen) atoms. The average Bonchev–Trinajstić information content (AvgIpc) is 2.72. The summed E-state index contributed by atoms with van der Waals surface area (Å²) in [6, 6.07) is 9.49. The molecule has 0 aliphatic heterocycles. The van der Waals surface area contributed by atoms with E-state index in [-0.39, 0.29) is 0 Å². The number of aryl methyl sites for hydroxylation is 2. The highest BCUT2D eigenvalue weighted by Gasteiger charge is 2.11. The van der Waals surface area contributed by atoms with Crippen LogP contribution < -0.4 is 5.32 Å².